The molecule has 26 heteroatoms. The zero-order valence-electron chi connectivity index (χ0n) is 48.4. The zero-order chi connectivity index (χ0) is 60.1. The van der Waals surface area contributed by atoms with Crippen molar-refractivity contribution in [1.82, 2.24) is 46.2 Å². The third-order valence-electron chi connectivity index (χ3n) is 13.4. The molecule has 3 atom stereocenters. The van der Waals surface area contributed by atoms with Gasteiger partial charge in [-0.2, -0.15) is 9.78 Å². The van der Waals surface area contributed by atoms with Crippen LogP contribution in [0.25, 0.3) is 10.9 Å². The maximum Gasteiger partial charge on any atom is 0.435 e. The van der Waals surface area contributed by atoms with Crippen molar-refractivity contribution in [2.45, 2.75) is 90.4 Å². The van der Waals surface area contributed by atoms with E-state index in [0.29, 0.717) is 18.5 Å². The van der Waals surface area contributed by atoms with E-state index in [1.54, 1.807) is 62.1 Å². The average molecular weight is 1240 g/mol. The lowest BCUT2D eigenvalue weighted by molar-refractivity contribution is -0.177. The van der Waals surface area contributed by atoms with Crippen LogP contribution in [-0.2, 0) is 66.1 Å². The van der Waals surface area contributed by atoms with Gasteiger partial charge in [0.05, 0.1) is 18.7 Å². The van der Waals surface area contributed by atoms with E-state index >= 15 is 0 Å². The number of fused-ring (bicyclic) bond motifs is 1. The van der Waals surface area contributed by atoms with Gasteiger partial charge in [0.15, 0.2) is 5.69 Å². The predicted octanol–water partition coefficient (Wildman–Crippen LogP) is 8.59. The monoisotopic (exact) mass is 1240 g/mol. The lowest BCUT2D eigenvalue weighted by atomic mass is 10.0. The average Bonchev–Trinajstić information content (AvgIpc) is 2.77. The molecule has 2 aliphatic heterocycles. The molecule has 5 aromatic carbocycles. The Hall–Kier alpha value is -8.97. The number of amidine groups is 1. The largest absolute Gasteiger partial charge is 0.447 e. The molecular formula is C61H72Cl2N10O14. The molecule has 24 nitrogen and oxygen atoms in total. The van der Waals surface area contributed by atoms with Crippen LogP contribution in [-0.4, -0.2) is 144 Å². The Balaban J connectivity index is 0.00000605. The number of nitrogens with one attached hydrogen (secondary N) is 6. The Morgan fingerprint density at radius 1 is 0.621 bits per heavy atom. The number of carbonyl (C=O) groups is 7. The molecule has 0 saturated carbocycles. The number of amides is 7. The second kappa shape index (κ2) is 33.1. The molecule has 2 saturated heterocycles. The fourth-order valence-electron chi connectivity index (χ4n) is 9.00. The molecule has 0 aliphatic carbocycles. The smallest absolute Gasteiger partial charge is 0.435 e. The Labute approximate surface area is 515 Å². The minimum Gasteiger partial charge on any atom is -0.447 e. The maximum absolute atomic E-state index is 13.7. The van der Waals surface area contributed by atoms with E-state index in [2.05, 4.69) is 31.7 Å². The molecule has 3 heterocycles. The number of hydrogen-bond donors (Lipinski definition) is 6. The standard InChI is InChI=1S/C61H70N10O14.2ClH/c1-61(2,3)85-57(75)66-36-42-22-20-41(21-23-42)35-65-55(73)69-29-31-70(32-30-69)59(77)84-49-26-33-79-50(52(49)80-37-43-14-7-4-8-15-43)40-82-56(74)64-28-13-27-63-54(72)51-47-25-24-46(53(62)67-58(76)81-38-44-16-9-5-10-17-44)34-48(47)71(68-51)60(78)83-39-45-18-11-6-12-19-45;;/h4-12,14-25,34,49-50,52H,13,26-33,35-40H2,1-3H3,(H,63,72)(H,64,74)(H,65,73)(H,66,75)(H2,62,67,76);2*1H/t49-,50-,52+;;/m1../s1. The van der Waals surface area contributed by atoms with Gasteiger partial charge in [-0.15, -0.1) is 24.8 Å². The number of rotatable bonds is 20. The van der Waals surface area contributed by atoms with Crippen LogP contribution in [0.3, 0.4) is 0 Å². The van der Waals surface area contributed by atoms with Gasteiger partial charge < -0.3 is 64.2 Å². The van der Waals surface area contributed by atoms with Crippen LogP contribution < -0.4 is 26.6 Å². The van der Waals surface area contributed by atoms with Crippen molar-refractivity contribution in [3.8, 4) is 0 Å². The van der Waals surface area contributed by atoms with Gasteiger partial charge in [-0.25, -0.2) is 28.8 Å². The molecular weight excluding hydrogens is 1170 g/mol. The normalized spacial score (nSPS) is 15.5. The van der Waals surface area contributed by atoms with Gasteiger partial charge in [0.25, 0.3) is 5.91 Å². The summed E-state index contributed by atoms with van der Waals surface area (Å²) in [5.41, 5.74) is 3.70. The lowest BCUT2D eigenvalue weighted by Crippen LogP contribution is -2.55. The van der Waals surface area contributed by atoms with E-state index in [9.17, 15) is 33.6 Å². The Morgan fingerprint density at radius 2 is 1.20 bits per heavy atom. The van der Waals surface area contributed by atoms with Crippen LogP contribution in [0.1, 0.15) is 77.5 Å². The molecule has 0 unspecified atom stereocenters. The summed E-state index contributed by atoms with van der Waals surface area (Å²) in [6, 6.07) is 39.1. The first kappa shape index (κ1) is 67.2. The molecule has 6 aromatic rings. The first-order chi connectivity index (χ1) is 41.0. The summed E-state index contributed by atoms with van der Waals surface area (Å²) in [6.07, 6.45) is -5.42. The number of piperazine rings is 1. The van der Waals surface area contributed by atoms with Gasteiger partial charge in [-0.3, -0.25) is 15.5 Å². The van der Waals surface area contributed by atoms with E-state index in [1.807, 2.05) is 78.9 Å². The van der Waals surface area contributed by atoms with Gasteiger partial charge in [0.2, 0.25) is 0 Å². The number of aromatic nitrogens is 2. The highest BCUT2D eigenvalue weighted by Crippen LogP contribution is 2.25. The summed E-state index contributed by atoms with van der Waals surface area (Å²) >= 11 is 0. The maximum atomic E-state index is 13.7. The molecule has 7 amide bonds. The first-order valence-electron chi connectivity index (χ1n) is 27.8. The summed E-state index contributed by atoms with van der Waals surface area (Å²) in [4.78, 5) is 94.8. The van der Waals surface area contributed by atoms with Crippen molar-refractivity contribution in [2.75, 3.05) is 52.5 Å². The number of alkyl carbamates (subject to hydrolysis) is 3. The summed E-state index contributed by atoms with van der Waals surface area (Å²) in [5, 5.41) is 26.6. The van der Waals surface area contributed by atoms with Gasteiger partial charge in [0.1, 0.15) is 49.6 Å². The van der Waals surface area contributed by atoms with Gasteiger partial charge in [0, 0.05) is 69.7 Å². The number of benzene rings is 5. The fourth-order valence-corrected chi connectivity index (χ4v) is 9.00. The van der Waals surface area contributed by atoms with Crippen molar-refractivity contribution in [2.24, 2.45) is 0 Å². The van der Waals surface area contributed by atoms with Crippen molar-refractivity contribution < 1.29 is 66.7 Å². The summed E-state index contributed by atoms with van der Waals surface area (Å²) in [6.45, 7) is 7.16. The quantitative estimate of drug-likeness (QED) is 0.0181. The third kappa shape index (κ3) is 20.6. The Bertz CT molecular complexity index is 3260. The van der Waals surface area contributed by atoms with E-state index in [-0.39, 0.29) is 144 Å². The number of urea groups is 1. The number of nitrogens with zero attached hydrogens (tertiary/aromatic N) is 4. The molecule has 1 aromatic heterocycles. The fraction of sp³-hybridized carbons (Fsp3) is 0.361. The molecule has 2 aliphatic rings. The first-order valence-corrected chi connectivity index (χ1v) is 27.8. The molecule has 87 heavy (non-hydrogen) atoms. The molecule has 2 fully saturated rings. The second-order valence-electron chi connectivity index (χ2n) is 20.9. The van der Waals surface area contributed by atoms with Crippen LogP contribution in [0, 0.1) is 5.41 Å². The van der Waals surface area contributed by atoms with E-state index < -0.39 is 60.3 Å². The van der Waals surface area contributed by atoms with Crippen molar-refractivity contribution in [1.29, 1.82) is 5.41 Å². The molecule has 6 N–H and O–H groups in total. The summed E-state index contributed by atoms with van der Waals surface area (Å²) in [5.74, 6) is -0.957. The van der Waals surface area contributed by atoms with E-state index in [1.165, 1.54) is 23.1 Å². The van der Waals surface area contributed by atoms with Crippen molar-refractivity contribution in [3.05, 3.63) is 173 Å². The van der Waals surface area contributed by atoms with Crippen LogP contribution in [0.5, 0.6) is 0 Å². The number of halogens is 2. The minimum atomic E-state index is -0.890. The highest BCUT2D eigenvalue weighted by atomic mass is 35.5. The molecule has 0 radical (unpaired) electrons. The van der Waals surface area contributed by atoms with Gasteiger partial charge >= 0.3 is 36.5 Å². The van der Waals surface area contributed by atoms with E-state index in [4.69, 9.17) is 38.6 Å². The van der Waals surface area contributed by atoms with Crippen LogP contribution >= 0.6 is 24.8 Å². The second-order valence-corrected chi connectivity index (χ2v) is 20.9. The topological polar surface area (TPSA) is 292 Å². The zero-order valence-corrected chi connectivity index (χ0v) is 50.0. The van der Waals surface area contributed by atoms with Gasteiger partial charge in [-0.1, -0.05) is 121 Å². The molecule has 0 bridgehead atoms. The third-order valence-corrected chi connectivity index (χ3v) is 13.4. The Kier molecular flexibility index (Phi) is 25.5. The van der Waals surface area contributed by atoms with Crippen LogP contribution in [0.4, 0.5) is 28.8 Å². The molecule has 8 rings (SSSR count). The van der Waals surface area contributed by atoms with Crippen molar-refractivity contribution in [3.63, 3.8) is 0 Å². The molecule has 0 spiro atoms. The SMILES string of the molecule is CC(C)(C)OC(=O)NCc1ccc(CNC(=O)N2CCN(C(=O)O[C@@H]3CCO[C@H](COC(=O)NCCCNC(=O)c4nn(C(=O)OCc5ccccc5)c5cc(C(=N)NC(=O)OCc6ccccc6)ccc45)[C@H]3OCc3ccccc3)CC2)cc1.Cl.Cl. The van der Waals surface area contributed by atoms with Crippen LogP contribution in [0.2, 0.25) is 0 Å². The van der Waals surface area contributed by atoms with E-state index in [0.717, 1.165) is 26.9 Å². The summed E-state index contributed by atoms with van der Waals surface area (Å²) in [7, 11) is 0. The minimum absolute atomic E-state index is 0. The molecule has 464 valence electrons. The number of hydrogen-bond acceptors (Lipinski definition) is 16. The summed E-state index contributed by atoms with van der Waals surface area (Å²) < 4.78 is 41.1. The predicted molar refractivity (Wildman–Crippen MR) is 324 cm³/mol. The highest BCUT2D eigenvalue weighted by Gasteiger charge is 2.40. The van der Waals surface area contributed by atoms with Gasteiger partial charge in [-0.05, 0) is 67.1 Å². The van der Waals surface area contributed by atoms with Crippen molar-refractivity contribution >= 4 is 84.0 Å². The number of carbonyl (C=O) groups excluding carboxylic acids is 7. The van der Waals surface area contributed by atoms with Crippen LogP contribution in [0.15, 0.2) is 133 Å². The number of ether oxygens (including phenoxy) is 7. The Morgan fingerprint density at radius 3 is 1.82 bits per heavy atom. The lowest BCUT2D eigenvalue weighted by Gasteiger charge is -2.39. The highest BCUT2D eigenvalue weighted by molar-refractivity contribution is 6.10.